The predicted molar refractivity (Wildman–Crippen MR) is 119 cm³/mol. The first-order chi connectivity index (χ1) is 13.2. The monoisotopic (exact) mass is 389 g/mol. The molecule has 4 rings (SSSR count). The number of rotatable bonds is 4. The van der Waals surface area contributed by atoms with Crippen LogP contribution in [0.2, 0.25) is 0 Å². The van der Waals surface area contributed by atoms with Gasteiger partial charge in [-0.2, -0.15) is 4.57 Å². The molecule has 0 radical (unpaired) electrons. The van der Waals surface area contributed by atoms with Gasteiger partial charge in [-0.15, -0.1) is 0 Å². The zero-order valence-corrected chi connectivity index (χ0v) is 17.0. The quantitative estimate of drug-likeness (QED) is 0.403. The average molecular weight is 390 g/mol. The van der Waals surface area contributed by atoms with E-state index in [4.69, 9.17) is 0 Å². The molecule has 0 fully saturated rings. The van der Waals surface area contributed by atoms with E-state index in [-0.39, 0.29) is 0 Å². The molecular formula is C23H21N2S2+. The number of nitrogens with zero attached hydrogens (tertiary/aromatic N) is 2. The number of para-hydroxylation sites is 2. The Balaban J connectivity index is 1.38. The Kier molecular flexibility index (Phi) is 5.28. The Labute approximate surface area is 168 Å². The van der Waals surface area contributed by atoms with Crippen LogP contribution in [0.5, 0.6) is 0 Å². The lowest BCUT2D eigenvalue weighted by molar-refractivity contribution is -0.642. The normalized spacial score (nSPS) is 15.9. The zero-order valence-electron chi connectivity index (χ0n) is 15.4. The Hall–Kier alpha value is -2.56. The van der Waals surface area contributed by atoms with Gasteiger partial charge in [-0.25, -0.2) is 0 Å². The number of allylic oxidation sites excluding steroid dienone is 6. The lowest BCUT2D eigenvalue weighted by Crippen LogP contribution is -2.28. The van der Waals surface area contributed by atoms with Crippen LogP contribution in [0, 0.1) is 0 Å². The van der Waals surface area contributed by atoms with E-state index in [0.29, 0.717) is 0 Å². The molecule has 134 valence electrons. The summed E-state index contributed by atoms with van der Waals surface area (Å²) in [5.41, 5.74) is 2.55. The van der Waals surface area contributed by atoms with Gasteiger partial charge in [0.2, 0.25) is 5.52 Å². The summed E-state index contributed by atoms with van der Waals surface area (Å²) in [6.07, 6.45) is 14.7. The van der Waals surface area contributed by atoms with Crippen LogP contribution in [0.15, 0.2) is 94.9 Å². The fourth-order valence-electron chi connectivity index (χ4n) is 3.00. The van der Waals surface area contributed by atoms with Crippen molar-refractivity contribution in [1.29, 1.82) is 0 Å². The molecule has 2 nitrogen and oxygen atoms in total. The summed E-state index contributed by atoms with van der Waals surface area (Å²) >= 11 is 3.62. The third-order valence-electron chi connectivity index (χ3n) is 4.47. The molecule has 2 aromatic carbocycles. The van der Waals surface area contributed by atoms with Gasteiger partial charge in [-0.3, -0.25) is 0 Å². The van der Waals surface area contributed by atoms with Crippen molar-refractivity contribution in [2.24, 2.45) is 7.05 Å². The summed E-state index contributed by atoms with van der Waals surface area (Å²) in [5.74, 6) is 0. The number of anilines is 1. The summed E-state index contributed by atoms with van der Waals surface area (Å²) in [7, 11) is 4.23. The van der Waals surface area contributed by atoms with Crippen LogP contribution in [0.1, 0.15) is 5.01 Å². The van der Waals surface area contributed by atoms with Crippen LogP contribution in [-0.4, -0.2) is 7.05 Å². The van der Waals surface area contributed by atoms with Gasteiger partial charge in [-0.05, 0) is 24.3 Å². The molecule has 0 saturated heterocycles. The Morgan fingerprint density at radius 2 is 1.63 bits per heavy atom. The molecule has 3 aromatic rings. The standard InChI is InChI=1S/C23H21N2S2/c1-24-18-12-8-10-14-20(18)26-22(24)16-6-4-3-5-7-17-23-25(2)19-13-9-11-15-21(19)27-23/h3-17H,1-2H3/q+1. The fourth-order valence-corrected chi connectivity index (χ4v) is 5.13. The minimum absolute atomic E-state index is 1.24. The number of aromatic nitrogens is 1. The predicted octanol–water partition coefficient (Wildman–Crippen LogP) is 5.93. The minimum Gasteiger partial charge on any atom is -0.338 e. The second kappa shape index (κ2) is 7.99. The minimum atomic E-state index is 1.24. The van der Waals surface area contributed by atoms with Crippen molar-refractivity contribution in [2.45, 2.75) is 4.90 Å². The summed E-state index contributed by atoms with van der Waals surface area (Å²) in [6.45, 7) is 0. The summed E-state index contributed by atoms with van der Waals surface area (Å²) in [4.78, 5) is 3.55. The molecule has 0 saturated carbocycles. The summed E-state index contributed by atoms with van der Waals surface area (Å²) < 4.78 is 3.55. The maximum atomic E-state index is 2.23. The lowest BCUT2D eigenvalue weighted by Gasteiger charge is -2.12. The molecule has 2 heterocycles. The number of benzene rings is 2. The average Bonchev–Trinajstić information content (AvgIpc) is 3.19. The number of hydrogen-bond donors (Lipinski definition) is 0. The van der Waals surface area contributed by atoms with Crippen molar-refractivity contribution < 1.29 is 4.57 Å². The molecule has 1 aliphatic rings. The Bertz CT molecular complexity index is 1090. The van der Waals surface area contributed by atoms with Crippen LogP contribution in [-0.2, 0) is 7.05 Å². The zero-order chi connectivity index (χ0) is 18.6. The van der Waals surface area contributed by atoms with Crippen LogP contribution in [0.3, 0.4) is 0 Å². The van der Waals surface area contributed by atoms with Gasteiger partial charge in [0.25, 0.3) is 5.01 Å². The van der Waals surface area contributed by atoms with Crippen LogP contribution in [0.25, 0.3) is 16.3 Å². The summed E-state index contributed by atoms with van der Waals surface area (Å²) in [5, 5.41) is 2.49. The molecule has 0 amide bonds. The third kappa shape index (κ3) is 3.77. The van der Waals surface area contributed by atoms with E-state index in [2.05, 4.69) is 115 Å². The van der Waals surface area contributed by atoms with Gasteiger partial charge in [-0.1, -0.05) is 77.7 Å². The number of hydrogen-bond acceptors (Lipinski definition) is 3. The highest BCUT2D eigenvalue weighted by atomic mass is 32.2. The highest BCUT2D eigenvalue weighted by molar-refractivity contribution is 8.03. The first-order valence-electron chi connectivity index (χ1n) is 8.84. The number of fused-ring (bicyclic) bond motifs is 2. The fraction of sp³-hybridized carbons (Fsp3) is 0.0870. The number of thioether (sulfide) groups is 1. The number of thiazole rings is 1. The molecule has 0 aliphatic carbocycles. The molecule has 0 unspecified atom stereocenters. The largest absolute Gasteiger partial charge is 0.338 e. The van der Waals surface area contributed by atoms with E-state index in [9.17, 15) is 0 Å². The number of aryl methyl sites for hydroxylation is 1. The highest BCUT2D eigenvalue weighted by Gasteiger charge is 2.20. The SMILES string of the molecule is CN1C(=CC=CC=CC=Cc2sc3ccccc3[n+]2C)Sc2ccccc21. The van der Waals surface area contributed by atoms with Gasteiger partial charge in [0.1, 0.15) is 11.7 Å². The molecule has 0 bridgehead atoms. The van der Waals surface area contributed by atoms with Gasteiger partial charge < -0.3 is 4.90 Å². The van der Waals surface area contributed by atoms with Crippen molar-refractivity contribution in [3.63, 3.8) is 0 Å². The molecule has 1 aromatic heterocycles. The first-order valence-corrected chi connectivity index (χ1v) is 10.5. The van der Waals surface area contributed by atoms with Crippen molar-refractivity contribution >= 4 is 45.1 Å². The van der Waals surface area contributed by atoms with Crippen molar-refractivity contribution in [3.05, 3.63) is 95.0 Å². The third-order valence-corrected chi connectivity index (χ3v) is 6.83. The van der Waals surface area contributed by atoms with Gasteiger partial charge in [0, 0.05) is 24.1 Å². The molecule has 1 aliphatic heterocycles. The highest BCUT2D eigenvalue weighted by Crippen LogP contribution is 2.44. The molecule has 0 atom stereocenters. The molecule has 0 N–H and O–H groups in total. The van der Waals surface area contributed by atoms with E-state index in [1.165, 1.54) is 30.8 Å². The molecule has 4 heteroatoms. The van der Waals surface area contributed by atoms with Gasteiger partial charge in [0.15, 0.2) is 0 Å². The molecular weight excluding hydrogens is 368 g/mol. The van der Waals surface area contributed by atoms with Crippen molar-refractivity contribution in [2.75, 3.05) is 11.9 Å². The van der Waals surface area contributed by atoms with Crippen LogP contribution in [0.4, 0.5) is 5.69 Å². The summed E-state index contributed by atoms with van der Waals surface area (Å²) in [6, 6.07) is 17.0. The van der Waals surface area contributed by atoms with E-state index in [0.717, 1.165) is 0 Å². The van der Waals surface area contributed by atoms with E-state index < -0.39 is 0 Å². The lowest BCUT2D eigenvalue weighted by atomic mass is 10.3. The van der Waals surface area contributed by atoms with E-state index in [1.807, 2.05) is 23.1 Å². The second-order valence-corrected chi connectivity index (χ2v) is 8.35. The van der Waals surface area contributed by atoms with E-state index >= 15 is 0 Å². The van der Waals surface area contributed by atoms with Crippen molar-refractivity contribution in [3.8, 4) is 0 Å². The maximum absolute atomic E-state index is 2.23. The molecule has 0 spiro atoms. The Morgan fingerprint density at radius 1 is 0.889 bits per heavy atom. The Morgan fingerprint density at radius 3 is 2.48 bits per heavy atom. The maximum Gasteiger partial charge on any atom is 0.262 e. The first kappa shape index (κ1) is 17.8. The second-order valence-electron chi connectivity index (χ2n) is 6.23. The smallest absolute Gasteiger partial charge is 0.262 e. The van der Waals surface area contributed by atoms with Gasteiger partial charge >= 0.3 is 0 Å². The van der Waals surface area contributed by atoms with Crippen LogP contribution < -0.4 is 9.47 Å². The van der Waals surface area contributed by atoms with Crippen LogP contribution >= 0.6 is 23.1 Å². The topological polar surface area (TPSA) is 7.12 Å². The molecule has 27 heavy (non-hydrogen) atoms. The van der Waals surface area contributed by atoms with E-state index in [1.54, 1.807) is 0 Å². The van der Waals surface area contributed by atoms with Crippen molar-refractivity contribution in [1.82, 2.24) is 0 Å². The van der Waals surface area contributed by atoms with Gasteiger partial charge in [0.05, 0.1) is 10.7 Å².